The molecule has 0 atom stereocenters. The van der Waals surface area contributed by atoms with Crippen LogP contribution in [0, 0.1) is 0 Å². The highest BCUT2D eigenvalue weighted by Crippen LogP contribution is 2.40. The molecule has 4 aromatic rings. The third-order valence-corrected chi connectivity index (χ3v) is 8.00. The summed E-state index contributed by atoms with van der Waals surface area (Å²) in [5.41, 5.74) is 4.89. The number of aromatic hydroxyl groups is 1. The highest BCUT2D eigenvalue weighted by atomic mass is 35.5. The van der Waals surface area contributed by atoms with Crippen LogP contribution in [0.5, 0.6) is 5.75 Å². The van der Waals surface area contributed by atoms with Gasteiger partial charge < -0.3 is 10.0 Å². The first-order chi connectivity index (χ1) is 17.2. The van der Waals surface area contributed by atoms with E-state index in [1.165, 1.54) is 11.3 Å². The number of hydrogen-bond acceptors (Lipinski definition) is 7. The Hall–Kier alpha value is -3.24. The number of amides is 2. The van der Waals surface area contributed by atoms with E-state index in [1.54, 1.807) is 60.8 Å². The molecule has 2 N–H and O–H groups in total. The van der Waals surface area contributed by atoms with Gasteiger partial charge in [-0.15, -0.1) is 22.7 Å². The standard InChI is InChI=1S/C25H20Cl2N4O3S2/c1-14(17-13-35-23(22(17)32)15-6-7-18(26)19(27)11-15)29-30-24(33)20-8-9-21(36-20)25(34)31(2)12-16-5-3-4-10-28-16/h3-11,13,32H,12H2,1-2H3,(H,30,33). The number of benzene rings is 1. The third-order valence-electron chi connectivity index (χ3n) is 5.17. The molecule has 0 aliphatic carbocycles. The Balaban J connectivity index is 1.42. The van der Waals surface area contributed by atoms with Crippen molar-refractivity contribution in [3.63, 3.8) is 0 Å². The van der Waals surface area contributed by atoms with Gasteiger partial charge in [0.1, 0.15) is 5.75 Å². The summed E-state index contributed by atoms with van der Waals surface area (Å²) in [7, 11) is 1.68. The molecule has 36 heavy (non-hydrogen) atoms. The fourth-order valence-corrected chi connectivity index (χ4v) is 5.46. The highest BCUT2D eigenvalue weighted by Gasteiger charge is 2.19. The van der Waals surface area contributed by atoms with Gasteiger partial charge in [-0.1, -0.05) is 35.3 Å². The zero-order chi connectivity index (χ0) is 25.8. The van der Waals surface area contributed by atoms with Crippen molar-refractivity contribution in [3.05, 3.63) is 91.2 Å². The van der Waals surface area contributed by atoms with Crippen LogP contribution in [-0.4, -0.2) is 39.6 Å². The van der Waals surface area contributed by atoms with Gasteiger partial charge in [0.2, 0.25) is 0 Å². The van der Waals surface area contributed by atoms with Crippen LogP contribution in [0.2, 0.25) is 10.0 Å². The maximum absolute atomic E-state index is 12.7. The average Bonchev–Trinajstić information content (AvgIpc) is 3.51. The number of nitrogens with one attached hydrogen (secondary N) is 1. The molecule has 1 aromatic carbocycles. The smallest absolute Gasteiger partial charge is 0.281 e. The molecule has 184 valence electrons. The summed E-state index contributed by atoms with van der Waals surface area (Å²) in [6.07, 6.45) is 1.67. The van der Waals surface area contributed by atoms with Crippen LogP contribution in [0.25, 0.3) is 10.4 Å². The summed E-state index contributed by atoms with van der Waals surface area (Å²) in [5, 5.41) is 17.4. The number of nitrogens with zero attached hydrogens (tertiary/aromatic N) is 3. The second kappa shape index (κ2) is 11.2. The van der Waals surface area contributed by atoms with Crippen LogP contribution < -0.4 is 5.43 Å². The molecular weight excluding hydrogens is 539 g/mol. The second-order valence-corrected chi connectivity index (χ2v) is 10.5. The zero-order valence-corrected chi connectivity index (χ0v) is 22.3. The lowest BCUT2D eigenvalue weighted by Crippen LogP contribution is -2.25. The topological polar surface area (TPSA) is 94.9 Å². The fraction of sp³-hybridized carbons (Fsp3) is 0.120. The first kappa shape index (κ1) is 25.8. The molecule has 0 aliphatic heterocycles. The molecule has 0 unspecified atom stereocenters. The molecule has 0 saturated heterocycles. The Kier molecular flexibility index (Phi) is 8.05. The third kappa shape index (κ3) is 5.76. The summed E-state index contributed by atoms with van der Waals surface area (Å²) in [6, 6.07) is 13.8. The molecule has 0 fully saturated rings. The van der Waals surface area contributed by atoms with Crippen molar-refractivity contribution in [3.8, 4) is 16.2 Å². The number of carbonyl (C=O) groups is 2. The lowest BCUT2D eigenvalue weighted by atomic mass is 10.1. The number of hydrogen-bond donors (Lipinski definition) is 2. The van der Waals surface area contributed by atoms with Gasteiger partial charge in [-0.05, 0) is 48.9 Å². The zero-order valence-electron chi connectivity index (χ0n) is 19.2. The van der Waals surface area contributed by atoms with Crippen molar-refractivity contribution < 1.29 is 14.7 Å². The van der Waals surface area contributed by atoms with Crippen LogP contribution in [0.4, 0.5) is 0 Å². The largest absolute Gasteiger partial charge is 0.506 e. The molecule has 11 heteroatoms. The van der Waals surface area contributed by atoms with Gasteiger partial charge in [0.15, 0.2) is 0 Å². The van der Waals surface area contributed by atoms with Gasteiger partial charge in [-0.2, -0.15) is 5.10 Å². The Morgan fingerprint density at radius 2 is 1.89 bits per heavy atom. The molecule has 7 nitrogen and oxygen atoms in total. The molecule has 0 spiro atoms. The molecule has 0 bridgehead atoms. The minimum atomic E-state index is -0.454. The summed E-state index contributed by atoms with van der Waals surface area (Å²) in [6.45, 7) is 2.04. The van der Waals surface area contributed by atoms with Crippen molar-refractivity contribution >= 4 is 63.4 Å². The van der Waals surface area contributed by atoms with Crippen LogP contribution in [0.3, 0.4) is 0 Å². The van der Waals surface area contributed by atoms with Crippen LogP contribution in [-0.2, 0) is 6.54 Å². The van der Waals surface area contributed by atoms with E-state index in [4.69, 9.17) is 23.2 Å². The van der Waals surface area contributed by atoms with Crippen molar-refractivity contribution in [2.24, 2.45) is 5.10 Å². The number of thiophene rings is 2. The van der Waals surface area contributed by atoms with Crippen molar-refractivity contribution in [2.75, 3.05) is 7.05 Å². The lowest BCUT2D eigenvalue weighted by molar-refractivity contribution is 0.0788. The van der Waals surface area contributed by atoms with E-state index in [-0.39, 0.29) is 11.7 Å². The molecule has 0 radical (unpaired) electrons. The Bertz CT molecular complexity index is 1450. The molecule has 4 rings (SSSR count). The normalized spacial score (nSPS) is 11.4. The first-order valence-corrected chi connectivity index (χ1v) is 13.1. The van der Waals surface area contributed by atoms with Crippen LogP contribution >= 0.6 is 45.9 Å². The monoisotopic (exact) mass is 558 g/mol. The molecular formula is C25H20Cl2N4O3S2. The van der Waals surface area contributed by atoms with Crippen LogP contribution in [0.1, 0.15) is 37.5 Å². The van der Waals surface area contributed by atoms with E-state index in [0.29, 0.717) is 42.5 Å². The molecule has 3 heterocycles. The van der Waals surface area contributed by atoms with Gasteiger partial charge in [-0.3, -0.25) is 14.6 Å². The van der Waals surface area contributed by atoms with Gasteiger partial charge in [-0.25, -0.2) is 5.43 Å². The highest BCUT2D eigenvalue weighted by molar-refractivity contribution is 7.16. The predicted molar refractivity (Wildman–Crippen MR) is 145 cm³/mol. The minimum Gasteiger partial charge on any atom is -0.506 e. The SMILES string of the molecule is CC(=NNC(=O)c1ccc(C(=O)N(C)Cc2ccccn2)s1)c1csc(-c2ccc(Cl)c(Cl)c2)c1O. The van der Waals surface area contributed by atoms with E-state index in [0.717, 1.165) is 22.6 Å². The van der Waals surface area contributed by atoms with Crippen molar-refractivity contribution in [1.29, 1.82) is 0 Å². The number of hydrazone groups is 1. The van der Waals surface area contributed by atoms with Gasteiger partial charge in [0.05, 0.1) is 48.2 Å². The Morgan fingerprint density at radius 3 is 2.61 bits per heavy atom. The maximum Gasteiger partial charge on any atom is 0.281 e. The predicted octanol–water partition coefficient (Wildman–Crippen LogP) is 6.31. The number of aromatic nitrogens is 1. The van der Waals surface area contributed by atoms with E-state index in [9.17, 15) is 14.7 Å². The molecule has 0 aliphatic rings. The van der Waals surface area contributed by atoms with Crippen LogP contribution in [0.15, 0.2) is 65.2 Å². The summed E-state index contributed by atoms with van der Waals surface area (Å²) >= 11 is 14.5. The van der Waals surface area contributed by atoms with E-state index in [1.807, 2.05) is 18.2 Å². The van der Waals surface area contributed by atoms with Gasteiger partial charge in [0, 0.05) is 18.6 Å². The van der Waals surface area contributed by atoms with E-state index >= 15 is 0 Å². The number of carbonyl (C=O) groups excluding carboxylic acids is 2. The van der Waals surface area contributed by atoms with E-state index < -0.39 is 5.91 Å². The van der Waals surface area contributed by atoms with Gasteiger partial charge in [0.25, 0.3) is 11.8 Å². The second-order valence-electron chi connectivity index (χ2n) is 7.74. The lowest BCUT2D eigenvalue weighted by Gasteiger charge is -2.15. The Morgan fingerprint density at radius 1 is 1.11 bits per heavy atom. The molecule has 0 saturated carbocycles. The first-order valence-electron chi connectivity index (χ1n) is 10.6. The maximum atomic E-state index is 12.7. The average molecular weight is 560 g/mol. The summed E-state index contributed by atoms with van der Waals surface area (Å²) < 4.78 is 0. The summed E-state index contributed by atoms with van der Waals surface area (Å²) in [5.74, 6) is -0.624. The fourth-order valence-electron chi connectivity index (χ4n) is 3.27. The van der Waals surface area contributed by atoms with Gasteiger partial charge >= 0.3 is 0 Å². The number of pyridine rings is 1. The number of rotatable bonds is 7. The quantitative estimate of drug-likeness (QED) is 0.205. The van der Waals surface area contributed by atoms with E-state index in [2.05, 4.69) is 15.5 Å². The van der Waals surface area contributed by atoms with Crippen molar-refractivity contribution in [2.45, 2.75) is 13.5 Å². The minimum absolute atomic E-state index is 0.0360. The molecule has 3 aromatic heterocycles. The molecule has 2 amide bonds. The Labute approximate surface area is 225 Å². The number of halogens is 2. The van der Waals surface area contributed by atoms with Crippen molar-refractivity contribution in [1.82, 2.24) is 15.3 Å². The summed E-state index contributed by atoms with van der Waals surface area (Å²) in [4.78, 5) is 32.5.